The van der Waals surface area contributed by atoms with Crippen molar-refractivity contribution in [1.82, 2.24) is 15.5 Å². The molecule has 1 unspecified atom stereocenters. The number of carboxylic acid groups (broad SMARTS) is 1. The molecule has 14 heteroatoms. The van der Waals surface area contributed by atoms with E-state index in [1.165, 1.54) is 25.1 Å². The standard InChI is InChI=1S/C32H43N5O8S/c1-5-29(40)45-24-13-11-23(12-14-24)19-26(34-21(2)33)31(42)35-25(16-18-46(4)44)30(41)36-27(20-22-9-7-6-8-10-22)32(43)37(3)17-15-28(38)39/h6-14,25-27H,5,15-20H2,1-4H3,(H2,33,34)(H,35,42)(H,36,41)(H,38,39)/t25-,26+,27+,46?/m1/s1. The molecule has 0 aromatic heterocycles. The monoisotopic (exact) mass is 657 g/mol. The highest BCUT2D eigenvalue weighted by molar-refractivity contribution is 7.84. The van der Waals surface area contributed by atoms with Gasteiger partial charge in [-0.15, -0.1) is 0 Å². The molecule has 4 atom stereocenters. The summed E-state index contributed by atoms with van der Waals surface area (Å²) in [4.78, 5) is 68.7. The van der Waals surface area contributed by atoms with Crippen LogP contribution in [0.15, 0.2) is 59.6 Å². The Labute approximate surface area is 271 Å². The summed E-state index contributed by atoms with van der Waals surface area (Å²) in [6.07, 6.45) is 1.66. The molecule has 0 fully saturated rings. The maximum absolute atomic E-state index is 13.6. The van der Waals surface area contributed by atoms with Gasteiger partial charge in [0.05, 0.1) is 12.3 Å². The van der Waals surface area contributed by atoms with E-state index in [4.69, 9.17) is 15.6 Å². The van der Waals surface area contributed by atoms with Gasteiger partial charge in [-0.05, 0) is 36.6 Å². The molecule has 0 saturated carbocycles. The second-order valence-electron chi connectivity index (χ2n) is 10.7. The third-order valence-corrected chi connectivity index (χ3v) is 7.61. The molecule has 0 saturated heterocycles. The number of esters is 1. The highest BCUT2D eigenvalue weighted by Gasteiger charge is 2.30. The van der Waals surface area contributed by atoms with Crippen LogP contribution in [0, 0.1) is 0 Å². The van der Waals surface area contributed by atoms with E-state index in [0.29, 0.717) is 11.3 Å². The minimum atomic E-state index is -1.29. The highest BCUT2D eigenvalue weighted by atomic mass is 32.2. The first kappa shape index (κ1) is 37.6. The van der Waals surface area contributed by atoms with Crippen molar-refractivity contribution in [3.63, 3.8) is 0 Å². The lowest BCUT2D eigenvalue weighted by Gasteiger charge is -2.27. The molecule has 2 rings (SSSR count). The van der Waals surface area contributed by atoms with Crippen LogP contribution in [-0.4, -0.2) is 93.4 Å². The molecule has 5 N–H and O–H groups in total. The van der Waals surface area contributed by atoms with Crippen LogP contribution in [0.25, 0.3) is 0 Å². The lowest BCUT2D eigenvalue weighted by molar-refractivity contribution is -0.140. The fraction of sp³-hybridized carbons (Fsp3) is 0.438. The Morgan fingerprint density at radius 1 is 0.957 bits per heavy atom. The van der Waals surface area contributed by atoms with Gasteiger partial charge in [0, 0.05) is 55.7 Å². The number of hydrogen-bond acceptors (Lipinski definition) is 8. The quantitative estimate of drug-likeness (QED) is 0.0788. The van der Waals surface area contributed by atoms with Crippen molar-refractivity contribution in [3.05, 3.63) is 65.7 Å². The average Bonchev–Trinajstić information content (AvgIpc) is 3.01. The van der Waals surface area contributed by atoms with Crippen LogP contribution in [0.4, 0.5) is 0 Å². The van der Waals surface area contributed by atoms with E-state index in [0.717, 1.165) is 5.56 Å². The number of nitrogens with one attached hydrogen (secondary N) is 2. The van der Waals surface area contributed by atoms with E-state index in [-0.39, 0.29) is 56.2 Å². The van der Waals surface area contributed by atoms with Crippen LogP contribution < -0.4 is 21.1 Å². The first-order chi connectivity index (χ1) is 21.8. The molecule has 250 valence electrons. The Morgan fingerprint density at radius 2 is 1.57 bits per heavy atom. The van der Waals surface area contributed by atoms with Crippen LogP contribution in [0.1, 0.15) is 44.2 Å². The van der Waals surface area contributed by atoms with Gasteiger partial charge in [-0.1, -0.05) is 49.4 Å². The van der Waals surface area contributed by atoms with Crippen LogP contribution in [0.3, 0.4) is 0 Å². The topological polar surface area (TPSA) is 198 Å². The lowest BCUT2D eigenvalue weighted by atomic mass is 10.0. The van der Waals surface area contributed by atoms with Crippen molar-refractivity contribution < 1.29 is 38.0 Å². The molecule has 3 amide bonds. The van der Waals surface area contributed by atoms with Gasteiger partial charge < -0.3 is 31.1 Å². The number of hydrogen-bond donors (Lipinski definition) is 4. The summed E-state index contributed by atoms with van der Waals surface area (Å²) in [6.45, 7) is 3.14. The molecular formula is C32H43N5O8S. The number of carboxylic acids is 1. The minimum Gasteiger partial charge on any atom is -0.481 e. The Hall–Kier alpha value is -4.59. The summed E-state index contributed by atoms with van der Waals surface area (Å²) in [7, 11) is 0.162. The molecule has 0 radical (unpaired) electrons. The molecule has 2 aromatic carbocycles. The van der Waals surface area contributed by atoms with E-state index in [9.17, 15) is 28.2 Å². The molecule has 0 aliphatic carbocycles. The predicted molar refractivity (Wildman–Crippen MR) is 175 cm³/mol. The smallest absolute Gasteiger partial charge is 0.310 e. The maximum atomic E-state index is 13.6. The SMILES string of the molecule is CCC(=O)Oc1ccc(C[C@H](N=C(C)N)C(=O)N[C@H](CCS(C)=O)C(=O)N[C@@H](Cc2ccccc2)C(=O)N(C)CCC(=O)O)cc1. The van der Waals surface area contributed by atoms with Crippen molar-refractivity contribution in [2.75, 3.05) is 25.6 Å². The number of nitrogens with zero attached hydrogens (tertiary/aromatic N) is 2. The van der Waals surface area contributed by atoms with Crippen LogP contribution in [-0.2, 0) is 47.6 Å². The summed E-state index contributed by atoms with van der Waals surface area (Å²) in [5.41, 5.74) is 7.27. The minimum absolute atomic E-state index is 0.0112. The Kier molecular flexibility index (Phi) is 15.6. The summed E-state index contributed by atoms with van der Waals surface area (Å²) in [5.74, 6) is -2.65. The first-order valence-electron chi connectivity index (χ1n) is 14.8. The van der Waals surface area contributed by atoms with Gasteiger partial charge >= 0.3 is 11.9 Å². The van der Waals surface area contributed by atoms with E-state index < -0.39 is 52.6 Å². The normalized spacial score (nSPS) is 13.9. The maximum Gasteiger partial charge on any atom is 0.310 e. The third kappa shape index (κ3) is 13.6. The second kappa shape index (κ2) is 19.0. The fourth-order valence-corrected chi connectivity index (χ4v) is 4.91. The van der Waals surface area contributed by atoms with E-state index in [1.807, 2.05) is 6.07 Å². The number of ether oxygens (including phenoxy) is 1. The van der Waals surface area contributed by atoms with Crippen LogP contribution in [0.5, 0.6) is 5.75 Å². The molecular weight excluding hydrogens is 614 g/mol. The number of amidine groups is 1. The van der Waals surface area contributed by atoms with E-state index in [2.05, 4.69) is 15.6 Å². The van der Waals surface area contributed by atoms with Crippen molar-refractivity contribution >= 4 is 46.3 Å². The van der Waals surface area contributed by atoms with Crippen molar-refractivity contribution in [2.45, 2.75) is 64.1 Å². The van der Waals surface area contributed by atoms with Crippen molar-refractivity contribution in [3.8, 4) is 5.75 Å². The summed E-state index contributed by atoms with van der Waals surface area (Å²) in [5, 5.41) is 14.5. The Morgan fingerprint density at radius 3 is 2.13 bits per heavy atom. The van der Waals surface area contributed by atoms with E-state index in [1.54, 1.807) is 55.5 Å². The predicted octanol–water partition coefficient (Wildman–Crippen LogP) is 1.20. The molecule has 13 nitrogen and oxygen atoms in total. The fourth-order valence-electron chi connectivity index (χ4n) is 4.35. The van der Waals surface area contributed by atoms with Gasteiger partial charge in [0.2, 0.25) is 17.7 Å². The first-order valence-corrected chi connectivity index (χ1v) is 16.5. The Bertz CT molecular complexity index is 1400. The number of carbonyl (C=O) groups excluding carboxylic acids is 4. The number of nitrogens with two attached hydrogens (primary N) is 1. The highest BCUT2D eigenvalue weighted by Crippen LogP contribution is 2.16. The molecule has 0 aliphatic rings. The number of aliphatic carboxylic acids is 1. The zero-order valence-corrected chi connectivity index (χ0v) is 27.4. The largest absolute Gasteiger partial charge is 0.481 e. The van der Waals surface area contributed by atoms with Gasteiger partial charge in [0.1, 0.15) is 23.9 Å². The zero-order chi connectivity index (χ0) is 34.2. The third-order valence-electron chi connectivity index (χ3n) is 6.80. The number of amides is 3. The second-order valence-corrected chi connectivity index (χ2v) is 12.3. The summed E-state index contributed by atoms with van der Waals surface area (Å²) < 4.78 is 17.2. The lowest BCUT2D eigenvalue weighted by Crippen LogP contribution is -2.56. The molecule has 0 aliphatic heterocycles. The molecule has 46 heavy (non-hydrogen) atoms. The summed E-state index contributed by atoms with van der Waals surface area (Å²) in [6, 6.07) is 12.3. The molecule has 0 heterocycles. The van der Waals surface area contributed by atoms with Gasteiger partial charge in [0.25, 0.3) is 0 Å². The van der Waals surface area contributed by atoms with Crippen LogP contribution >= 0.6 is 0 Å². The van der Waals surface area contributed by atoms with Crippen LogP contribution in [0.2, 0.25) is 0 Å². The Balaban J connectivity index is 2.29. The number of likely N-dealkylation sites (N-methyl/N-ethyl adjacent to an activating group) is 1. The molecule has 0 spiro atoms. The number of rotatable bonds is 18. The van der Waals surface area contributed by atoms with Gasteiger partial charge in [-0.3, -0.25) is 33.2 Å². The van der Waals surface area contributed by atoms with Gasteiger partial charge in [-0.2, -0.15) is 0 Å². The summed E-state index contributed by atoms with van der Waals surface area (Å²) >= 11 is 0. The van der Waals surface area contributed by atoms with E-state index >= 15 is 0 Å². The number of carbonyl (C=O) groups is 5. The van der Waals surface area contributed by atoms with Gasteiger partial charge in [-0.25, -0.2) is 0 Å². The van der Waals surface area contributed by atoms with Gasteiger partial charge in [0.15, 0.2) is 0 Å². The van der Waals surface area contributed by atoms with Crippen molar-refractivity contribution in [2.24, 2.45) is 10.7 Å². The number of aliphatic imine (C=N–C) groups is 1. The molecule has 2 aromatic rings. The molecule has 0 bridgehead atoms. The number of benzene rings is 2. The van der Waals surface area contributed by atoms with Crippen molar-refractivity contribution in [1.29, 1.82) is 0 Å². The average molecular weight is 658 g/mol. The zero-order valence-electron chi connectivity index (χ0n) is 26.6.